The molecule has 0 spiro atoms. The van der Waals surface area contributed by atoms with Gasteiger partial charge in [-0.25, -0.2) is 4.79 Å². The molecule has 1 aromatic carbocycles. The van der Waals surface area contributed by atoms with E-state index in [4.69, 9.17) is 11.6 Å². The van der Waals surface area contributed by atoms with Gasteiger partial charge in [-0.05, 0) is 55.4 Å². The maximum Gasteiger partial charge on any atom is 0.317 e. The average molecular weight is 359 g/mol. The molecule has 1 aromatic heterocycles. The summed E-state index contributed by atoms with van der Waals surface area (Å²) in [6.07, 6.45) is 5.80. The van der Waals surface area contributed by atoms with Crippen molar-refractivity contribution in [2.45, 2.75) is 43.6 Å². The molecular formula is C19H23ClN4O. The van der Waals surface area contributed by atoms with E-state index in [1.54, 1.807) is 6.20 Å². The molecule has 2 N–H and O–H groups in total. The molecule has 2 aliphatic rings. The predicted molar refractivity (Wildman–Crippen MR) is 97.9 cm³/mol. The van der Waals surface area contributed by atoms with Crippen molar-refractivity contribution >= 4 is 17.6 Å². The molecule has 2 fully saturated rings. The summed E-state index contributed by atoms with van der Waals surface area (Å²) in [4.78, 5) is 14.4. The van der Waals surface area contributed by atoms with E-state index in [9.17, 15) is 4.79 Å². The van der Waals surface area contributed by atoms with E-state index in [2.05, 4.69) is 27.6 Å². The van der Waals surface area contributed by atoms with Crippen molar-refractivity contribution in [2.24, 2.45) is 0 Å². The molecule has 0 atom stereocenters. The lowest BCUT2D eigenvalue weighted by Gasteiger charge is -2.39. The van der Waals surface area contributed by atoms with E-state index >= 15 is 0 Å². The minimum Gasteiger partial charge on any atom is -0.335 e. The Hall–Kier alpha value is -2.01. The molecule has 2 heterocycles. The maximum absolute atomic E-state index is 12.5. The van der Waals surface area contributed by atoms with Crippen LogP contribution in [0.25, 0.3) is 0 Å². The molecule has 2 aromatic rings. The molecule has 25 heavy (non-hydrogen) atoms. The number of aromatic amines is 1. The highest BCUT2D eigenvalue weighted by Gasteiger charge is 2.33. The minimum atomic E-state index is 0.0858. The summed E-state index contributed by atoms with van der Waals surface area (Å²) in [5, 5.41) is 11.0. The number of H-pyrrole nitrogens is 1. The van der Waals surface area contributed by atoms with Crippen LogP contribution in [0.15, 0.2) is 36.5 Å². The van der Waals surface area contributed by atoms with Crippen LogP contribution in [0.5, 0.6) is 0 Å². The molecule has 0 radical (unpaired) electrons. The first-order chi connectivity index (χ1) is 12.2. The number of nitrogens with zero attached hydrogens (tertiary/aromatic N) is 2. The van der Waals surface area contributed by atoms with Gasteiger partial charge in [-0.1, -0.05) is 23.7 Å². The van der Waals surface area contributed by atoms with Crippen LogP contribution >= 0.6 is 11.6 Å². The van der Waals surface area contributed by atoms with Gasteiger partial charge in [-0.15, -0.1) is 0 Å². The number of piperidine rings is 1. The largest absolute Gasteiger partial charge is 0.335 e. The number of benzene rings is 1. The summed E-state index contributed by atoms with van der Waals surface area (Å²) in [6.45, 7) is 1.62. The summed E-state index contributed by atoms with van der Waals surface area (Å²) < 4.78 is 0. The topological polar surface area (TPSA) is 61.0 Å². The molecule has 6 heteroatoms. The van der Waals surface area contributed by atoms with Gasteiger partial charge < -0.3 is 10.2 Å². The number of carbonyl (C=O) groups excluding carboxylic acids is 1. The molecular weight excluding hydrogens is 336 g/mol. The number of urea groups is 1. The zero-order valence-corrected chi connectivity index (χ0v) is 14.9. The molecule has 1 saturated carbocycles. The van der Waals surface area contributed by atoms with Crippen LogP contribution in [0.4, 0.5) is 4.79 Å². The second-order valence-corrected chi connectivity index (χ2v) is 7.58. The first-order valence-corrected chi connectivity index (χ1v) is 9.37. The Kier molecular flexibility index (Phi) is 4.66. The Labute approximate surface area is 152 Å². The second-order valence-electron chi connectivity index (χ2n) is 7.14. The molecule has 1 saturated heterocycles. The van der Waals surface area contributed by atoms with Gasteiger partial charge in [0, 0.05) is 42.0 Å². The number of hydrogen-bond donors (Lipinski definition) is 2. The number of nitrogens with one attached hydrogen (secondary N) is 2. The van der Waals surface area contributed by atoms with E-state index in [0.29, 0.717) is 17.9 Å². The zero-order chi connectivity index (χ0) is 17.2. The van der Waals surface area contributed by atoms with Gasteiger partial charge in [-0.2, -0.15) is 5.10 Å². The Morgan fingerprint density at radius 1 is 1.12 bits per heavy atom. The molecule has 1 aliphatic carbocycles. The summed E-state index contributed by atoms with van der Waals surface area (Å²) in [5.74, 6) is 1.03. The lowest BCUT2D eigenvalue weighted by Crippen LogP contribution is -2.51. The Balaban J connectivity index is 1.22. The SMILES string of the molecule is O=C(NC1CC(c2ccc(Cl)cc2)C1)N1CCC(c2ccn[nH]2)CC1. The van der Waals surface area contributed by atoms with Crippen LogP contribution in [-0.4, -0.2) is 40.3 Å². The fourth-order valence-corrected chi connectivity index (χ4v) is 4.02. The van der Waals surface area contributed by atoms with E-state index in [0.717, 1.165) is 43.8 Å². The first-order valence-electron chi connectivity index (χ1n) is 8.99. The zero-order valence-electron chi connectivity index (χ0n) is 14.1. The van der Waals surface area contributed by atoms with Crippen molar-refractivity contribution in [1.82, 2.24) is 20.4 Å². The van der Waals surface area contributed by atoms with Gasteiger partial charge in [0.05, 0.1) is 0 Å². The van der Waals surface area contributed by atoms with Crippen LogP contribution in [-0.2, 0) is 0 Å². The number of likely N-dealkylation sites (tertiary alicyclic amines) is 1. The number of aromatic nitrogens is 2. The third kappa shape index (κ3) is 3.66. The van der Waals surface area contributed by atoms with Crippen molar-refractivity contribution in [3.8, 4) is 0 Å². The normalized spacial score (nSPS) is 24.0. The highest BCUT2D eigenvalue weighted by atomic mass is 35.5. The van der Waals surface area contributed by atoms with Crippen molar-refractivity contribution in [1.29, 1.82) is 0 Å². The van der Waals surface area contributed by atoms with E-state index in [1.807, 2.05) is 23.1 Å². The molecule has 2 amide bonds. The number of carbonyl (C=O) groups is 1. The van der Waals surface area contributed by atoms with Gasteiger partial charge >= 0.3 is 6.03 Å². The minimum absolute atomic E-state index is 0.0858. The van der Waals surface area contributed by atoms with E-state index < -0.39 is 0 Å². The quantitative estimate of drug-likeness (QED) is 0.874. The van der Waals surface area contributed by atoms with Crippen LogP contribution in [0.1, 0.15) is 48.8 Å². The summed E-state index contributed by atoms with van der Waals surface area (Å²) >= 11 is 5.94. The molecule has 0 bridgehead atoms. The van der Waals surface area contributed by atoms with Gasteiger partial charge in [0.1, 0.15) is 0 Å². The van der Waals surface area contributed by atoms with Crippen LogP contribution < -0.4 is 5.32 Å². The Morgan fingerprint density at radius 2 is 1.84 bits per heavy atom. The molecule has 5 nitrogen and oxygen atoms in total. The fraction of sp³-hybridized carbons (Fsp3) is 0.474. The summed E-state index contributed by atoms with van der Waals surface area (Å²) in [7, 11) is 0. The average Bonchev–Trinajstić information content (AvgIpc) is 3.13. The van der Waals surface area contributed by atoms with Crippen molar-refractivity contribution in [2.75, 3.05) is 13.1 Å². The second kappa shape index (κ2) is 7.08. The van der Waals surface area contributed by atoms with Crippen molar-refractivity contribution < 1.29 is 4.79 Å². The highest BCUT2D eigenvalue weighted by Crippen LogP contribution is 2.37. The highest BCUT2D eigenvalue weighted by molar-refractivity contribution is 6.30. The smallest absolute Gasteiger partial charge is 0.317 e. The maximum atomic E-state index is 12.5. The van der Waals surface area contributed by atoms with Crippen LogP contribution in [0, 0.1) is 0 Å². The number of amides is 2. The summed E-state index contributed by atoms with van der Waals surface area (Å²) in [6, 6.07) is 10.5. The summed E-state index contributed by atoms with van der Waals surface area (Å²) in [5.41, 5.74) is 2.50. The van der Waals surface area contributed by atoms with Gasteiger partial charge in [-0.3, -0.25) is 5.10 Å². The van der Waals surface area contributed by atoms with Crippen LogP contribution in [0.3, 0.4) is 0 Å². The van der Waals surface area contributed by atoms with Gasteiger partial charge in [0.15, 0.2) is 0 Å². The van der Waals surface area contributed by atoms with E-state index in [1.165, 1.54) is 11.3 Å². The Bertz CT molecular complexity index is 702. The van der Waals surface area contributed by atoms with Gasteiger partial charge in [0.25, 0.3) is 0 Å². The lowest BCUT2D eigenvalue weighted by molar-refractivity contribution is 0.167. The van der Waals surface area contributed by atoms with Crippen molar-refractivity contribution in [3.63, 3.8) is 0 Å². The molecule has 1 aliphatic heterocycles. The number of hydrogen-bond acceptors (Lipinski definition) is 2. The third-order valence-corrected chi connectivity index (χ3v) is 5.80. The predicted octanol–water partition coefficient (Wildman–Crippen LogP) is 3.90. The Morgan fingerprint density at radius 3 is 2.48 bits per heavy atom. The number of rotatable bonds is 3. The number of halogens is 1. The molecule has 132 valence electrons. The van der Waals surface area contributed by atoms with E-state index in [-0.39, 0.29) is 6.03 Å². The monoisotopic (exact) mass is 358 g/mol. The van der Waals surface area contributed by atoms with Crippen LogP contribution in [0.2, 0.25) is 5.02 Å². The molecule has 4 rings (SSSR count). The van der Waals surface area contributed by atoms with Gasteiger partial charge in [0.2, 0.25) is 0 Å². The lowest BCUT2D eigenvalue weighted by atomic mass is 9.76. The standard InChI is InChI=1S/C19H23ClN4O/c20-16-3-1-13(2-4-16)15-11-17(12-15)22-19(25)24-9-6-14(7-10-24)18-5-8-21-23-18/h1-5,8,14-15,17H,6-7,9-12H2,(H,21,23)(H,22,25). The first kappa shape index (κ1) is 16.5. The molecule has 0 unspecified atom stereocenters. The fourth-order valence-electron chi connectivity index (χ4n) is 3.90. The van der Waals surface area contributed by atoms with Crippen molar-refractivity contribution in [3.05, 3.63) is 52.8 Å². The third-order valence-electron chi connectivity index (χ3n) is 5.55.